The van der Waals surface area contributed by atoms with E-state index < -0.39 is 0 Å². The van der Waals surface area contributed by atoms with E-state index in [2.05, 4.69) is 21.5 Å². The Kier molecular flexibility index (Phi) is 2.92. The SMILES string of the molecule is c1ccc2c(c1)OCCC2c1noc(CC2CNC2)n1. The molecule has 1 fully saturated rings. The number of ether oxygens (including phenoxy) is 1. The minimum Gasteiger partial charge on any atom is -0.493 e. The van der Waals surface area contributed by atoms with Gasteiger partial charge in [-0.3, -0.25) is 0 Å². The number of aromatic nitrogens is 2. The van der Waals surface area contributed by atoms with E-state index in [0.29, 0.717) is 12.5 Å². The molecule has 1 aromatic carbocycles. The Bertz CT molecular complexity index is 607. The first kappa shape index (κ1) is 11.9. The second-order valence-electron chi connectivity index (χ2n) is 5.50. The summed E-state index contributed by atoms with van der Waals surface area (Å²) in [6.07, 6.45) is 1.78. The fourth-order valence-corrected chi connectivity index (χ4v) is 2.84. The molecule has 0 saturated carbocycles. The highest BCUT2D eigenvalue weighted by Gasteiger charge is 2.28. The number of fused-ring (bicyclic) bond motifs is 1. The number of para-hydroxylation sites is 1. The zero-order valence-corrected chi connectivity index (χ0v) is 11.2. The minimum absolute atomic E-state index is 0.192. The average molecular weight is 271 g/mol. The van der Waals surface area contributed by atoms with Gasteiger partial charge in [-0.05, 0) is 31.5 Å². The maximum atomic E-state index is 5.68. The zero-order chi connectivity index (χ0) is 13.4. The lowest BCUT2D eigenvalue weighted by molar-refractivity contribution is 0.271. The number of nitrogens with zero attached hydrogens (tertiary/aromatic N) is 2. The zero-order valence-electron chi connectivity index (χ0n) is 11.2. The fraction of sp³-hybridized carbons (Fsp3) is 0.467. The quantitative estimate of drug-likeness (QED) is 0.921. The summed E-state index contributed by atoms with van der Waals surface area (Å²) in [5.41, 5.74) is 1.16. The fourth-order valence-electron chi connectivity index (χ4n) is 2.84. The summed E-state index contributed by atoms with van der Waals surface area (Å²) in [5.74, 6) is 3.33. The predicted octanol–water partition coefficient (Wildman–Crippen LogP) is 1.75. The third kappa shape index (κ3) is 2.08. The molecule has 0 radical (unpaired) electrons. The summed E-state index contributed by atoms with van der Waals surface area (Å²) in [7, 11) is 0. The van der Waals surface area contributed by atoms with Crippen molar-refractivity contribution in [3.05, 3.63) is 41.5 Å². The molecule has 4 rings (SSSR count). The highest BCUT2D eigenvalue weighted by atomic mass is 16.5. The van der Waals surface area contributed by atoms with E-state index in [1.54, 1.807) is 0 Å². The van der Waals surface area contributed by atoms with Gasteiger partial charge in [-0.15, -0.1) is 0 Å². The monoisotopic (exact) mass is 271 g/mol. The normalized spacial score (nSPS) is 21.9. The maximum absolute atomic E-state index is 5.68. The van der Waals surface area contributed by atoms with E-state index in [1.165, 1.54) is 0 Å². The largest absolute Gasteiger partial charge is 0.493 e. The molecule has 0 spiro atoms. The topological polar surface area (TPSA) is 60.2 Å². The number of hydrogen-bond donors (Lipinski definition) is 1. The van der Waals surface area contributed by atoms with Gasteiger partial charge in [0.25, 0.3) is 0 Å². The molecule has 2 aliphatic heterocycles. The van der Waals surface area contributed by atoms with Crippen molar-refractivity contribution in [2.24, 2.45) is 5.92 Å². The number of rotatable bonds is 3. The third-order valence-electron chi connectivity index (χ3n) is 4.08. The molecule has 5 nitrogen and oxygen atoms in total. The first-order chi connectivity index (χ1) is 9.90. The summed E-state index contributed by atoms with van der Waals surface area (Å²) >= 11 is 0. The number of benzene rings is 1. The van der Waals surface area contributed by atoms with Crippen molar-refractivity contribution < 1.29 is 9.26 Å². The molecule has 2 aliphatic rings. The smallest absolute Gasteiger partial charge is 0.227 e. The van der Waals surface area contributed by atoms with Gasteiger partial charge in [0.1, 0.15) is 5.75 Å². The van der Waals surface area contributed by atoms with Gasteiger partial charge in [-0.1, -0.05) is 23.4 Å². The van der Waals surface area contributed by atoms with Gasteiger partial charge in [0.2, 0.25) is 5.89 Å². The second-order valence-corrected chi connectivity index (χ2v) is 5.50. The molecule has 1 unspecified atom stereocenters. The third-order valence-corrected chi connectivity index (χ3v) is 4.08. The minimum atomic E-state index is 0.192. The Labute approximate surface area is 117 Å². The Morgan fingerprint density at radius 3 is 3.00 bits per heavy atom. The van der Waals surface area contributed by atoms with E-state index in [1.807, 2.05) is 18.2 Å². The maximum Gasteiger partial charge on any atom is 0.227 e. The lowest BCUT2D eigenvalue weighted by atomic mass is 9.92. The van der Waals surface area contributed by atoms with Crippen LogP contribution < -0.4 is 10.1 Å². The Hall–Kier alpha value is -1.88. The molecule has 20 heavy (non-hydrogen) atoms. The molecule has 104 valence electrons. The lowest BCUT2D eigenvalue weighted by Crippen LogP contribution is -2.43. The van der Waals surface area contributed by atoms with Crippen LogP contribution in [0.2, 0.25) is 0 Å². The summed E-state index contributed by atoms with van der Waals surface area (Å²) in [5, 5.41) is 7.45. The predicted molar refractivity (Wildman–Crippen MR) is 72.8 cm³/mol. The first-order valence-corrected chi connectivity index (χ1v) is 7.15. The van der Waals surface area contributed by atoms with Crippen molar-refractivity contribution >= 4 is 0 Å². The van der Waals surface area contributed by atoms with Crippen LogP contribution in [0.5, 0.6) is 5.75 Å². The van der Waals surface area contributed by atoms with Crippen molar-refractivity contribution in [2.45, 2.75) is 18.8 Å². The molecular formula is C15H17N3O2. The van der Waals surface area contributed by atoms with Gasteiger partial charge in [0.05, 0.1) is 12.5 Å². The molecule has 1 atom stereocenters. The average Bonchev–Trinajstić information content (AvgIpc) is 2.91. The molecule has 1 saturated heterocycles. The van der Waals surface area contributed by atoms with Gasteiger partial charge in [0, 0.05) is 12.0 Å². The Morgan fingerprint density at radius 1 is 1.25 bits per heavy atom. The van der Waals surface area contributed by atoms with Gasteiger partial charge in [-0.2, -0.15) is 4.98 Å². The summed E-state index contributed by atoms with van der Waals surface area (Å²) in [4.78, 5) is 4.59. The molecule has 0 bridgehead atoms. The standard InChI is InChI=1S/C15H17N3O2/c1-2-4-13-11(3-1)12(5-6-19-13)15-17-14(20-18-15)7-10-8-16-9-10/h1-4,10,12,16H,5-9H2. The molecule has 2 aromatic rings. The van der Waals surface area contributed by atoms with Crippen LogP contribution in [0.15, 0.2) is 28.8 Å². The van der Waals surface area contributed by atoms with Crippen molar-refractivity contribution in [1.29, 1.82) is 0 Å². The molecule has 3 heterocycles. The van der Waals surface area contributed by atoms with Gasteiger partial charge >= 0.3 is 0 Å². The second kappa shape index (κ2) is 4.90. The summed E-state index contributed by atoms with van der Waals surface area (Å²) in [6, 6.07) is 8.11. The van der Waals surface area contributed by atoms with Crippen LogP contribution in [-0.2, 0) is 6.42 Å². The van der Waals surface area contributed by atoms with Crippen LogP contribution in [0.3, 0.4) is 0 Å². The van der Waals surface area contributed by atoms with E-state index >= 15 is 0 Å². The van der Waals surface area contributed by atoms with Crippen molar-refractivity contribution in [2.75, 3.05) is 19.7 Å². The van der Waals surface area contributed by atoms with E-state index in [4.69, 9.17) is 9.26 Å². The van der Waals surface area contributed by atoms with Crippen LogP contribution in [0, 0.1) is 5.92 Å². The van der Waals surface area contributed by atoms with E-state index in [-0.39, 0.29) is 5.92 Å². The van der Waals surface area contributed by atoms with Crippen molar-refractivity contribution in [1.82, 2.24) is 15.5 Å². The number of hydrogen-bond acceptors (Lipinski definition) is 5. The van der Waals surface area contributed by atoms with E-state index in [9.17, 15) is 0 Å². The molecule has 5 heteroatoms. The highest BCUT2D eigenvalue weighted by molar-refractivity contribution is 5.40. The van der Waals surface area contributed by atoms with Crippen LogP contribution in [-0.4, -0.2) is 29.8 Å². The summed E-state index contributed by atoms with van der Waals surface area (Å²) in [6.45, 7) is 2.81. The number of nitrogens with one attached hydrogen (secondary N) is 1. The van der Waals surface area contributed by atoms with Gasteiger partial charge in [-0.25, -0.2) is 0 Å². The Morgan fingerprint density at radius 2 is 2.15 bits per heavy atom. The molecule has 1 aromatic heterocycles. The molecular weight excluding hydrogens is 254 g/mol. The van der Waals surface area contributed by atoms with Gasteiger partial charge < -0.3 is 14.6 Å². The first-order valence-electron chi connectivity index (χ1n) is 7.15. The van der Waals surface area contributed by atoms with Crippen molar-refractivity contribution in [3.8, 4) is 5.75 Å². The van der Waals surface area contributed by atoms with Gasteiger partial charge in [0.15, 0.2) is 5.82 Å². The van der Waals surface area contributed by atoms with Crippen LogP contribution in [0.25, 0.3) is 0 Å². The Balaban J connectivity index is 1.58. The highest BCUT2D eigenvalue weighted by Crippen LogP contribution is 2.36. The molecule has 0 aliphatic carbocycles. The van der Waals surface area contributed by atoms with E-state index in [0.717, 1.165) is 49.0 Å². The summed E-state index contributed by atoms with van der Waals surface area (Å²) < 4.78 is 11.1. The van der Waals surface area contributed by atoms with Crippen molar-refractivity contribution in [3.63, 3.8) is 0 Å². The van der Waals surface area contributed by atoms with Crippen LogP contribution in [0.1, 0.15) is 29.6 Å². The van der Waals surface area contributed by atoms with Crippen LogP contribution in [0.4, 0.5) is 0 Å². The lowest BCUT2D eigenvalue weighted by Gasteiger charge is -2.25. The molecule has 0 amide bonds. The van der Waals surface area contributed by atoms with Crippen LogP contribution >= 0.6 is 0 Å². The molecule has 1 N–H and O–H groups in total.